The van der Waals surface area contributed by atoms with Crippen molar-refractivity contribution in [2.45, 2.75) is 26.8 Å². The Morgan fingerprint density at radius 2 is 1.43 bits per heavy atom. The predicted molar refractivity (Wildman–Crippen MR) is 147 cm³/mol. The predicted octanol–water partition coefficient (Wildman–Crippen LogP) is 5.92. The molecule has 0 fully saturated rings. The summed E-state index contributed by atoms with van der Waals surface area (Å²) in [5.41, 5.74) is 7.74. The molecule has 0 radical (unpaired) electrons. The van der Waals surface area contributed by atoms with Crippen LogP contribution in [0.15, 0.2) is 78.9 Å². The van der Waals surface area contributed by atoms with Gasteiger partial charge in [0.05, 0.1) is 16.6 Å². The van der Waals surface area contributed by atoms with Crippen LogP contribution in [0.2, 0.25) is 0 Å². The van der Waals surface area contributed by atoms with Crippen LogP contribution in [0.1, 0.15) is 17.8 Å². The van der Waals surface area contributed by atoms with E-state index in [0.717, 1.165) is 55.9 Å². The molecule has 0 aliphatic carbocycles. The van der Waals surface area contributed by atoms with Gasteiger partial charge < -0.3 is 15.2 Å². The Morgan fingerprint density at radius 1 is 0.784 bits per heavy atom. The van der Waals surface area contributed by atoms with Crippen LogP contribution in [0.5, 0.6) is 0 Å². The lowest BCUT2D eigenvalue weighted by atomic mass is 10.2. The summed E-state index contributed by atoms with van der Waals surface area (Å²) in [6.45, 7) is 4.37. The first-order valence-electron chi connectivity index (χ1n) is 12.2. The van der Waals surface area contributed by atoms with Crippen molar-refractivity contribution in [2.75, 3.05) is 10.6 Å². The highest BCUT2D eigenvalue weighted by Crippen LogP contribution is 2.28. The van der Waals surface area contributed by atoms with Crippen molar-refractivity contribution in [3.8, 4) is 0 Å². The van der Waals surface area contributed by atoms with Gasteiger partial charge in [0, 0.05) is 41.1 Å². The van der Waals surface area contributed by atoms with Crippen molar-refractivity contribution < 1.29 is 4.79 Å². The maximum absolute atomic E-state index is 12.8. The summed E-state index contributed by atoms with van der Waals surface area (Å²) >= 11 is 0. The molecule has 0 spiro atoms. The second-order valence-corrected chi connectivity index (χ2v) is 9.03. The first-order valence-corrected chi connectivity index (χ1v) is 12.2. The van der Waals surface area contributed by atoms with E-state index in [1.54, 1.807) is 0 Å². The molecular weight excluding hydrogens is 462 g/mol. The van der Waals surface area contributed by atoms with E-state index < -0.39 is 0 Å². The molecule has 6 aromatic rings. The Kier molecular flexibility index (Phi) is 5.69. The molecular formula is C29H25N7O. The van der Waals surface area contributed by atoms with Gasteiger partial charge in [0.25, 0.3) is 0 Å². The molecule has 8 heteroatoms. The van der Waals surface area contributed by atoms with Crippen molar-refractivity contribution in [3.63, 3.8) is 0 Å². The van der Waals surface area contributed by atoms with Crippen LogP contribution in [0.25, 0.3) is 33.1 Å². The summed E-state index contributed by atoms with van der Waals surface area (Å²) in [6.07, 6.45) is 0.304. The van der Waals surface area contributed by atoms with E-state index in [1.165, 1.54) is 0 Å². The van der Waals surface area contributed by atoms with Crippen LogP contribution in [0.3, 0.4) is 0 Å². The highest BCUT2D eigenvalue weighted by Gasteiger charge is 2.15. The Bertz CT molecular complexity index is 1750. The zero-order valence-corrected chi connectivity index (χ0v) is 20.6. The number of para-hydroxylation sites is 3. The number of hydrogen-bond acceptors (Lipinski definition) is 6. The Balaban J connectivity index is 1.18. The van der Waals surface area contributed by atoms with E-state index in [0.29, 0.717) is 18.9 Å². The molecule has 0 aliphatic rings. The second-order valence-electron chi connectivity index (χ2n) is 9.03. The van der Waals surface area contributed by atoms with Gasteiger partial charge in [-0.25, -0.2) is 19.9 Å². The van der Waals surface area contributed by atoms with Crippen LogP contribution in [0.4, 0.5) is 17.3 Å². The number of rotatable bonds is 6. The van der Waals surface area contributed by atoms with E-state index in [2.05, 4.69) is 31.2 Å². The van der Waals surface area contributed by atoms with Crippen molar-refractivity contribution in [1.29, 1.82) is 0 Å². The first kappa shape index (κ1) is 22.6. The third kappa shape index (κ3) is 4.56. The summed E-state index contributed by atoms with van der Waals surface area (Å²) in [4.78, 5) is 31.4. The number of carbonyl (C=O) groups is 1. The number of aryl methyl sites for hydroxylation is 3. The van der Waals surface area contributed by atoms with Crippen molar-refractivity contribution >= 4 is 56.3 Å². The van der Waals surface area contributed by atoms with Gasteiger partial charge in [0.15, 0.2) is 5.65 Å². The monoisotopic (exact) mass is 487 g/mol. The summed E-state index contributed by atoms with van der Waals surface area (Å²) in [5.74, 6) is 0.481. The highest BCUT2D eigenvalue weighted by atomic mass is 16.1. The van der Waals surface area contributed by atoms with Crippen LogP contribution in [-0.4, -0.2) is 30.4 Å². The summed E-state index contributed by atoms with van der Waals surface area (Å²) in [5, 5.41) is 7.23. The maximum atomic E-state index is 12.8. The highest BCUT2D eigenvalue weighted by molar-refractivity contribution is 6.06. The number of fused-ring (bicyclic) bond motifs is 4. The SMILES string of the molecule is Cc1cc(C)nc(Nc2ccc(NC(=O)CCn3c4ccccc4c4nc5ccccc5nc43)cc2)n1. The van der Waals surface area contributed by atoms with E-state index in [1.807, 2.05) is 86.6 Å². The van der Waals surface area contributed by atoms with E-state index in [-0.39, 0.29) is 5.91 Å². The molecule has 3 aromatic carbocycles. The van der Waals surface area contributed by atoms with E-state index in [9.17, 15) is 4.79 Å². The summed E-state index contributed by atoms with van der Waals surface area (Å²) < 4.78 is 2.08. The number of anilines is 3. The molecule has 182 valence electrons. The molecule has 0 saturated heterocycles. The van der Waals surface area contributed by atoms with Gasteiger partial charge in [-0.05, 0) is 62.4 Å². The molecule has 0 unspecified atom stereocenters. The lowest BCUT2D eigenvalue weighted by Gasteiger charge is -2.10. The average molecular weight is 488 g/mol. The Hall–Kier alpha value is -4.85. The number of nitrogens with zero attached hydrogens (tertiary/aromatic N) is 5. The summed E-state index contributed by atoms with van der Waals surface area (Å²) in [6, 6.07) is 25.4. The van der Waals surface area contributed by atoms with Gasteiger partial charge in [-0.15, -0.1) is 0 Å². The molecule has 3 aromatic heterocycles. The largest absolute Gasteiger partial charge is 0.326 e. The fourth-order valence-corrected chi connectivity index (χ4v) is 4.59. The van der Waals surface area contributed by atoms with Crippen molar-refractivity contribution in [3.05, 3.63) is 90.3 Å². The Labute approximate surface area is 213 Å². The fraction of sp³-hybridized carbons (Fsp3) is 0.138. The van der Waals surface area contributed by atoms with Crippen LogP contribution >= 0.6 is 0 Å². The quantitative estimate of drug-likeness (QED) is 0.303. The van der Waals surface area contributed by atoms with Gasteiger partial charge in [-0.2, -0.15) is 0 Å². The molecule has 1 amide bonds. The topological polar surface area (TPSA) is 97.6 Å². The fourth-order valence-electron chi connectivity index (χ4n) is 4.59. The standard InChI is InChI=1S/C29H25N7O/c1-18-17-19(2)31-29(30-18)33-21-13-11-20(12-14-21)32-26(37)15-16-36-25-10-6-3-7-22(25)27-28(36)35-24-9-5-4-8-23(24)34-27/h3-14,17H,15-16H2,1-2H3,(H,32,37)(H,30,31,33). The van der Waals surface area contributed by atoms with Crippen LogP contribution in [-0.2, 0) is 11.3 Å². The van der Waals surface area contributed by atoms with Gasteiger partial charge in [-0.3, -0.25) is 4.79 Å². The molecule has 37 heavy (non-hydrogen) atoms. The first-order chi connectivity index (χ1) is 18.0. The summed E-state index contributed by atoms with van der Waals surface area (Å²) in [7, 11) is 0. The number of carbonyl (C=O) groups excluding carboxylic acids is 1. The molecule has 2 N–H and O–H groups in total. The molecule has 0 saturated carbocycles. The zero-order chi connectivity index (χ0) is 25.4. The minimum Gasteiger partial charge on any atom is -0.326 e. The van der Waals surface area contributed by atoms with Crippen molar-refractivity contribution in [2.24, 2.45) is 0 Å². The minimum atomic E-state index is -0.0713. The van der Waals surface area contributed by atoms with Gasteiger partial charge in [0.1, 0.15) is 5.52 Å². The van der Waals surface area contributed by atoms with E-state index >= 15 is 0 Å². The number of hydrogen-bond donors (Lipinski definition) is 2. The van der Waals surface area contributed by atoms with Gasteiger partial charge >= 0.3 is 0 Å². The molecule has 0 aliphatic heterocycles. The average Bonchev–Trinajstić information content (AvgIpc) is 3.19. The molecule has 6 rings (SSSR count). The lowest BCUT2D eigenvalue weighted by molar-refractivity contribution is -0.116. The van der Waals surface area contributed by atoms with Crippen LogP contribution < -0.4 is 10.6 Å². The molecule has 0 bridgehead atoms. The normalized spacial score (nSPS) is 11.3. The smallest absolute Gasteiger partial charge is 0.227 e. The lowest BCUT2D eigenvalue weighted by Crippen LogP contribution is -2.14. The number of benzene rings is 3. The number of aromatic nitrogens is 5. The Morgan fingerprint density at radius 3 is 2.19 bits per heavy atom. The third-order valence-electron chi connectivity index (χ3n) is 6.23. The van der Waals surface area contributed by atoms with Gasteiger partial charge in [-0.1, -0.05) is 30.3 Å². The van der Waals surface area contributed by atoms with Crippen molar-refractivity contribution in [1.82, 2.24) is 24.5 Å². The minimum absolute atomic E-state index is 0.0713. The van der Waals surface area contributed by atoms with Gasteiger partial charge in [0.2, 0.25) is 11.9 Å². The maximum Gasteiger partial charge on any atom is 0.227 e. The third-order valence-corrected chi connectivity index (χ3v) is 6.23. The number of nitrogens with one attached hydrogen (secondary N) is 2. The molecule has 8 nitrogen and oxygen atoms in total. The van der Waals surface area contributed by atoms with E-state index in [4.69, 9.17) is 9.97 Å². The zero-order valence-electron chi connectivity index (χ0n) is 20.6. The molecule has 0 atom stereocenters. The second kappa shape index (κ2) is 9.31. The van der Waals surface area contributed by atoms with Crippen LogP contribution in [0, 0.1) is 13.8 Å². The number of amides is 1. The molecule has 3 heterocycles.